The van der Waals surface area contributed by atoms with E-state index in [0.717, 1.165) is 10.5 Å². The fourth-order valence-corrected chi connectivity index (χ4v) is 3.13. The fourth-order valence-electron chi connectivity index (χ4n) is 2.83. The third-order valence-corrected chi connectivity index (χ3v) is 5.19. The average Bonchev–Trinajstić information content (AvgIpc) is 2.82. The summed E-state index contributed by atoms with van der Waals surface area (Å²) in [6.07, 6.45) is 0. The zero-order chi connectivity index (χ0) is 19.1. The number of urea groups is 1. The minimum Gasteiger partial charge on any atom is -0.319 e. The second-order valence-electron chi connectivity index (χ2n) is 6.36. The third-order valence-electron chi connectivity index (χ3n) is 4.45. The molecule has 5 nitrogen and oxygen atoms in total. The van der Waals surface area contributed by atoms with E-state index in [-0.39, 0.29) is 17.1 Å². The van der Waals surface area contributed by atoms with Crippen molar-refractivity contribution in [3.63, 3.8) is 0 Å². The molecule has 2 aromatic carbocycles. The van der Waals surface area contributed by atoms with Gasteiger partial charge < -0.3 is 5.32 Å². The highest BCUT2D eigenvalue weighted by Crippen LogP contribution is 2.29. The van der Waals surface area contributed by atoms with Crippen molar-refractivity contribution in [1.82, 2.24) is 10.2 Å². The second-order valence-corrected chi connectivity index (χ2v) is 7.18. The van der Waals surface area contributed by atoms with Gasteiger partial charge in [0.25, 0.3) is 5.91 Å². The molecule has 0 aliphatic carbocycles. The van der Waals surface area contributed by atoms with Gasteiger partial charge in [-0.05, 0) is 37.6 Å². The number of hydrogen-bond acceptors (Lipinski definition) is 3. The number of ketones is 1. The maximum atomic E-state index is 12.9. The van der Waals surface area contributed by atoms with Crippen molar-refractivity contribution in [2.45, 2.75) is 19.4 Å². The largest absolute Gasteiger partial charge is 0.325 e. The van der Waals surface area contributed by atoms with E-state index in [1.807, 2.05) is 19.1 Å². The van der Waals surface area contributed by atoms with E-state index in [9.17, 15) is 14.4 Å². The molecule has 134 valence electrons. The highest BCUT2D eigenvalue weighted by atomic mass is 35.5. The molecule has 0 spiro atoms. The van der Waals surface area contributed by atoms with E-state index in [4.69, 9.17) is 23.2 Å². The summed E-state index contributed by atoms with van der Waals surface area (Å²) < 4.78 is 0. The second kappa shape index (κ2) is 6.74. The van der Waals surface area contributed by atoms with Crippen LogP contribution in [0.3, 0.4) is 0 Å². The first-order valence-corrected chi connectivity index (χ1v) is 8.67. The van der Waals surface area contributed by atoms with Crippen LogP contribution >= 0.6 is 23.2 Å². The standard InChI is InChI=1S/C19H16Cl2N2O3/c1-11-3-6-13(7-4-11)19(2)17(25)23(18(26)22-19)10-16(24)12-5-8-14(20)15(21)9-12/h3-9H,10H2,1-2H3,(H,22,26). The zero-order valence-corrected chi connectivity index (χ0v) is 15.7. The summed E-state index contributed by atoms with van der Waals surface area (Å²) in [6, 6.07) is 11.1. The number of carbonyl (C=O) groups is 3. The summed E-state index contributed by atoms with van der Waals surface area (Å²) in [5.74, 6) is -0.875. The van der Waals surface area contributed by atoms with E-state index in [0.29, 0.717) is 10.6 Å². The SMILES string of the molecule is Cc1ccc(C2(C)NC(=O)N(CC(=O)c3ccc(Cl)c(Cl)c3)C2=O)cc1. The molecule has 2 aromatic rings. The van der Waals surface area contributed by atoms with E-state index >= 15 is 0 Å². The Hall–Kier alpha value is -2.37. The molecule has 26 heavy (non-hydrogen) atoms. The molecule has 1 atom stereocenters. The van der Waals surface area contributed by atoms with Crippen molar-refractivity contribution >= 4 is 40.9 Å². The van der Waals surface area contributed by atoms with Gasteiger partial charge in [0.2, 0.25) is 0 Å². The molecule has 7 heteroatoms. The normalized spacial score (nSPS) is 19.6. The molecule has 1 saturated heterocycles. The van der Waals surface area contributed by atoms with E-state index < -0.39 is 23.3 Å². The summed E-state index contributed by atoms with van der Waals surface area (Å²) in [4.78, 5) is 38.6. The van der Waals surface area contributed by atoms with E-state index in [1.54, 1.807) is 19.1 Å². The number of nitrogens with zero attached hydrogens (tertiary/aromatic N) is 1. The van der Waals surface area contributed by atoms with Crippen LogP contribution in [0.1, 0.15) is 28.4 Å². The molecule has 1 N–H and O–H groups in total. The molecule has 0 bridgehead atoms. The van der Waals surface area contributed by atoms with Gasteiger partial charge in [-0.2, -0.15) is 0 Å². The van der Waals surface area contributed by atoms with Crippen LogP contribution < -0.4 is 5.32 Å². The van der Waals surface area contributed by atoms with Crippen molar-refractivity contribution in [2.75, 3.05) is 6.54 Å². The van der Waals surface area contributed by atoms with Crippen LogP contribution in [-0.4, -0.2) is 29.2 Å². The Balaban J connectivity index is 1.84. The lowest BCUT2D eigenvalue weighted by atomic mass is 9.91. The Morgan fingerprint density at radius 3 is 2.35 bits per heavy atom. The van der Waals surface area contributed by atoms with Crippen LogP contribution in [0.2, 0.25) is 10.0 Å². The average molecular weight is 391 g/mol. The fraction of sp³-hybridized carbons (Fsp3) is 0.211. The number of halogens is 2. The number of Topliss-reactive ketones (excluding diaryl/α,β-unsaturated/α-hetero) is 1. The van der Waals surface area contributed by atoms with Crippen molar-refractivity contribution in [1.29, 1.82) is 0 Å². The summed E-state index contributed by atoms with van der Waals surface area (Å²) in [5, 5.41) is 3.24. The number of aryl methyl sites for hydroxylation is 1. The number of rotatable bonds is 4. The first kappa shape index (κ1) is 18.4. The zero-order valence-electron chi connectivity index (χ0n) is 14.2. The Kier molecular flexibility index (Phi) is 4.78. The van der Waals surface area contributed by atoms with Gasteiger partial charge in [0.15, 0.2) is 5.78 Å². The molecule has 1 unspecified atom stereocenters. The highest BCUT2D eigenvalue weighted by Gasteiger charge is 2.49. The molecule has 0 saturated carbocycles. The van der Waals surface area contributed by atoms with Crippen LogP contribution in [0, 0.1) is 6.92 Å². The first-order valence-electron chi connectivity index (χ1n) is 7.92. The predicted molar refractivity (Wildman–Crippen MR) is 99.6 cm³/mol. The van der Waals surface area contributed by atoms with Crippen LogP contribution in [0.5, 0.6) is 0 Å². The highest BCUT2D eigenvalue weighted by molar-refractivity contribution is 6.42. The van der Waals surface area contributed by atoms with Crippen molar-refractivity contribution in [3.8, 4) is 0 Å². The first-order chi connectivity index (χ1) is 12.2. The number of hydrogen-bond donors (Lipinski definition) is 1. The molecule has 1 fully saturated rings. The van der Waals surface area contributed by atoms with Crippen LogP contribution in [0.25, 0.3) is 0 Å². The van der Waals surface area contributed by atoms with Crippen molar-refractivity contribution in [3.05, 3.63) is 69.2 Å². The lowest BCUT2D eigenvalue weighted by molar-refractivity contribution is -0.130. The Morgan fingerprint density at radius 1 is 1.08 bits per heavy atom. The molecule has 1 heterocycles. The quantitative estimate of drug-likeness (QED) is 0.634. The third kappa shape index (κ3) is 3.20. The minimum absolute atomic E-state index is 0.235. The van der Waals surface area contributed by atoms with Gasteiger partial charge in [0, 0.05) is 5.56 Å². The predicted octanol–water partition coefficient (Wildman–Crippen LogP) is 3.95. The van der Waals surface area contributed by atoms with Gasteiger partial charge in [-0.3, -0.25) is 14.5 Å². The molecule has 0 radical (unpaired) electrons. The van der Waals surface area contributed by atoms with E-state index in [1.165, 1.54) is 18.2 Å². The summed E-state index contributed by atoms with van der Waals surface area (Å²) in [5.41, 5.74) is 0.776. The molecule has 3 amide bonds. The smallest absolute Gasteiger partial charge is 0.319 e. The van der Waals surface area contributed by atoms with Gasteiger partial charge in [-0.1, -0.05) is 53.0 Å². The number of benzene rings is 2. The van der Waals surface area contributed by atoms with Crippen LogP contribution in [0.4, 0.5) is 4.79 Å². The summed E-state index contributed by atoms with van der Waals surface area (Å²) in [6.45, 7) is 3.19. The van der Waals surface area contributed by atoms with Crippen LogP contribution in [0.15, 0.2) is 42.5 Å². The van der Waals surface area contributed by atoms with Gasteiger partial charge in [0.05, 0.1) is 16.6 Å². The monoisotopic (exact) mass is 390 g/mol. The number of nitrogens with one attached hydrogen (secondary N) is 1. The Morgan fingerprint density at radius 2 is 1.73 bits per heavy atom. The Bertz CT molecular complexity index is 912. The number of imide groups is 1. The topological polar surface area (TPSA) is 66.5 Å². The lowest BCUT2D eigenvalue weighted by Gasteiger charge is -2.22. The number of amides is 3. The van der Waals surface area contributed by atoms with Gasteiger partial charge in [-0.15, -0.1) is 0 Å². The molecule has 1 aliphatic rings. The minimum atomic E-state index is -1.21. The maximum Gasteiger partial charge on any atom is 0.325 e. The van der Waals surface area contributed by atoms with E-state index in [2.05, 4.69) is 5.32 Å². The summed E-state index contributed by atoms with van der Waals surface area (Å²) >= 11 is 11.8. The molecular weight excluding hydrogens is 375 g/mol. The molecule has 3 rings (SSSR count). The number of carbonyl (C=O) groups excluding carboxylic acids is 3. The summed E-state index contributed by atoms with van der Waals surface area (Å²) in [7, 11) is 0. The molecule has 1 aliphatic heterocycles. The van der Waals surface area contributed by atoms with Crippen LogP contribution in [-0.2, 0) is 10.3 Å². The van der Waals surface area contributed by atoms with Crippen molar-refractivity contribution < 1.29 is 14.4 Å². The molecular formula is C19H16Cl2N2O3. The maximum absolute atomic E-state index is 12.9. The van der Waals surface area contributed by atoms with Crippen molar-refractivity contribution in [2.24, 2.45) is 0 Å². The molecule has 0 aromatic heterocycles. The van der Waals surface area contributed by atoms with Gasteiger partial charge in [-0.25, -0.2) is 4.79 Å². The van der Waals surface area contributed by atoms with Gasteiger partial charge in [0.1, 0.15) is 5.54 Å². The lowest BCUT2D eigenvalue weighted by Crippen LogP contribution is -2.41. The Labute approximate surface area is 160 Å². The van der Waals surface area contributed by atoms with Gasteiger partial charge >= 0.3 is 6.03 Å².